The van der Waals surface area contributed by atoms with Crippen molar-refractivity contribution >= 4 is 6.08 Å². The predicted octanol–water partition coefficient (Wildman–Crippen LogP) is 3.51. The molecule has 0 spiro atoms. The second-order valence-corrected chi connectivity index (χ2v) is 3.14. The fraction of sp³-hybridized carbons (Fsp3) is 0.333. The first-order valence-electron chi connectivity index (χ1n) is 4.42. The van der Waals surface area contributed by atoms with E-state index in [0.29, 0.717) is 0 Å². The molecule has 0 unspecified atom stereocenters. The van der Waals surface area contributed by atoms with Gasteiger partial charge >= 0.3 is 0 Å². The molecular weight excluding hydrogens is 144 g/mol. The standard InChI is InChI=1S/C12H16/c1-5-11-8-7-9(3)10(4)12(11)6-2/h6-8H,2,5H2,1,3-4H3. The lowest BCUT2D eigenvalue weighted by atomic mass is 9.96. The van der Waals surface area contributed by atoms with Crippen molar-refractivity contribution in [3.63, 3.8) is 0 Å². The minimum atomic E-state index is 1.09. The van der Waals surface area contributed by atoms with Crippen molar-refractivity contribution in [1.82, 2.24) is 0 Å². The van der Waals surface area contributed by atoms with Gasteiger partial charge in [-0.2, -0.15) is 0 Å². The van der Waals surface area contributed by atoms with Crippen molar-refractivity contribution < 1.29 is 0 Å². The number of aryl methyl sites for hydroxylation is 2. The quantitative estimate of drug-likeness (QED) is 0.621. The van der Waals surface area contributed by atoms with Crippen LogP contribution in [-0.4, -0.2) is 0 Å². The fourth-order valence-electron chi connectivity index (χ4n) is 1.49. The van der Waals surface area contributed by atoms with Crippen molar-refractivity contribution in [3.05, 3.63) is 41.0 Å². The highest BCUT2D eigenvalue weighted by Crippen LogP contribution is 2.19. The van der Waals surface area contributed by atoms with E-state index in [1.807, 2.05) is 6.08 Å². The molecule has 0 aliphatic carbocycles. The average molecular weight is 160 g/mol. The second kappa shape index (κ2) is 3.57. The van der Waals surface area contributed by atoms with Crippen LogP contribution in [-0.2, 0) is 6.42 Å². The highest BCUT2D eigenvalue weighted by Gasteiger charge is 2.02. The van der Waals surface area contributed by atoms with E-state index < -0.39 is 0 Å². The van der Waals surface area contributed by atoms with Gasteiger partial charge in [0.2, 0.25) is 0 Å². The Balaban J connectivity index is 3.35. The van der Waals surface area contributed by atoms with E-state index in [-0.39, 0.29) is 0 Å². The number of hydrogen-bond donors (Lipinski definition) is 0. The van der Waals surface area contributed by atoms with Crippen LogP contribution in [0.25, 0.3) is 6.08 Å². The SMILES string of the molecule is C=Cc1c(CC)ccc(C)c1C. The molecule has 0 nitrogen and oxygen atoms in total. The summed E-state index contributed by atoms with van der Waals surface area (Å²) >= 11 is 0. The Hall–Kier alpha value is -1.04. The van der Waals surface area contributed by atoms with Crippen LogP contribution >= 0.6 is 0 Å². The summed E-state index contributed by atoms with van der Waals surface area (Å²) in [6.07, 6.45) is 3.05. The first-order chi connectivity index (χ1) is 5.70. The van der Waals surface area contributed by atoms with Crippen molar-refractivity contribution in [3.8, 4) is 0 Å². The van der Waals surface area contributed by atoms with Crippen molar-refractivity contribution in [2.75, 3.05) is 0 Å². The van der Waals surface area contributed by atoms with Crippen LogP contribution in [0.5, 0.6) is 0 Å². The molecule has 0 radical (unpaired) electrons. The van der Waals surface area contributed by atoms with Gasteiger partial charge in [-0.15, -0.1) is 0 Å². The molecule has 0 aromatic heterocycles. The minimum absolute atomic E-state index is 1.09. The lowest BCUT2D eigenvalue weighted by Gasteiger charge is -2.09. The Morgan fingerprint density at radius 1 is 1.33 bits per heavy atom. The molecule has 0 fully saturated rings. The highest BCUT2D eigenvalue weighted by molar-refractivity contribution is 5.58. The molecule has 0 aliphatic rings. The first-order valence-corrected chi connectivity index (χ1v) is 4.42. The number of rotatable bonds is 2. The van der Waals surface area contributed by atoms with Gasteiger partial charge in [0, 0.05) is 0 Å². The third-order valence-corrected chi connectivity index (χ3v) is 2.46. The Bertz CT molecular complexity index is 295. The molecule has 0 N–H and O–H groups in total. The monoisotopic (exact) mass is 160 g/mol. The molecule has 0 saturated carbocycles. The van der Waals surface area contributed by atoms with Crippen molar-refractivity contribution in [2.24, 2.45) is 0 Å². The molecule has 0 saturated heterocycles. The molecule has 1 aromatic rings. The minimum Gasteiger partial charge on any atom is -0.0984 e. The molecular formula is C12H16. The zero-order valence-corrected chi connectivity index (χ0v) is 8.15. The van der Waals surface area contributed by atoms with E-state index in [0.717, 1.165) is 6.42 Å². The third kappa shape index (κ3) is 1.42. The van der Waals surface area contributed by atoms with Gasteiger partial charge in [0.05, 0.1) is 0 Å². The molecule has 0 bridgehead atoms. The molecule has 1 rings (SSSR count). The normalized spacial score (nSPS) is 9.92. The van der Waals surface area contributed by atoms with Crippen molar-refractivity contribution in [1.29, 1.82) is 0 Å². The van der Waals surface area contributed by atoms with Gasteiger partial charge in [0.15, 0.2) is 0 Å². The maximum Gasteiger partial charge on any atom is -0.0199 e. The van der Waals surface area contributed by atoms with Gasteiger partial charge in [-0.25, -0.2) is 0 Å². The van der Waals surface area contributed by atoms with Crippen molar-refractivity contribution in [2.45, 2.75) is 27.2 Å². The smallest absolute Gasteiger partial charge is 0.0199 e. The summed E-state index contributed by atoms with van der Waals surface area (Å²) in [5, 5.41) is 0. The van der Waals surface area contributed by atoms with E-state index in [1.165, 1.54) is 22.3 Å². The molecule has 0 atom stereocenters. The van der Waals surface area contributed by atoms with Gasteiger partial charge in [-0.05, 0) is 42.5 Å². The van der Waals surface area contributed by atoms with Crippen LogP contribution in [0, 0.1) is 13.8 Å². The molecule has 0 heterocycles. The maximum absolute atomic E-state index is 3.84. The lowest BCUT2D eigenvalue weighted by Crippen LogP contribution is -1.92. The summed E-state index contributed by atoms with van der Waals surface area (Å²) in [5.74, 6) is 0. The molecule has 12 heavy (non-hydrogen) atoms. The van der Waals surface area contributed by atoms with Crippen LogP contribution in [0.3, 0.4) is 0 Å². The molecule has 0 heteroatoms. The summed E-state index contributed by atoms with van der Waals surface area (Å²) in [5.41, 5.74) is 5.43. The Morgan fingerprint density at radius 3 is 2.50 bits per heavy atom. The summed E-state index contributed by atoms with van der Waals surface area (Å²) in [7, 11) is 0. The summed E-state index contributed by atoms with van der Waals surface area (Å²) in [4.78, 5) is 0. The summed E-state index contributed by atoms with van der Waals surface area (Å²) < 4.78 is 0. The van der Waals surface area contributed by atoms with Gasteiger partial charge < -0.3 is 0 Å². The van der Waals surface area contributed by atoms with Gasteiger partial charge in [-0.3, -0.25) is 0 Å². The first kappa shape index (κ1) is 9.05. The summed E-state index contributed by atoms with van der Waals surface area (Å²) in [6, 6.07) is 4.38. The molecule has 0 aliphatic heterocycles. The predicted molar refractivity (Wildman–Crippen MR) is 55.4 cm³/mol. The Kier molecular flexibility index (Phi) is 2.69. The molecule has 0 amide bonds. The van der Waals surface area contributed by atoms with Crippen LogP contribution < -0.4 is 0 Å². The van der Waals surface area contributed by atoms with Gasteiger partial charge in [-0.1, -0.05) is 31.7 Å². The Morgan fingerprint density at radius 2 is 2.00 bits per heavy atom. The number of hydrogen-bond acceptors (Lipinski definition) is 0. The average Bonchev–Trinajstić information content (AvgIpc) is 2.09. The zero-order valence-electron chi connectivity index (χ0n) is 8.15. The Labute approximate surface area is 74.9 Å². The lowest BCUT2D eigenvalue weighted by molar-refractivity contribution is 1.11. The summed E-state index contributed by atoms with van der Waals surface area (Å²) in [6.45, 7) is 10.3. The van der Waals surface area contributed by atoms with E-state index >= 15 is 0 Å². The largest absolute Gasteiger partial charge is 0.0984 e. The van der Waals surface area contributed by atoms with Gasteiger partial charge in [0.1, 0.15) is 0 Å². The maximum atomic E-state index is 3.84. The van der Waals surface area contributed by atoms with Crippen LogP contribution in [0.1, 0.15) is 29.2 Å². The third-order valence-electron chi connectivity index (χ3n) is 2.46. The van der Waals surface area contributed by atoms with Gasteiger partial charge in [0.25, 0.3) is 0 Å². The van der Waals surface area contributed by atoms with Crippen LogP contribution in [0.15, 0.2) is 18.7 Å². The van der Waals surface area contributed by atoms with E-state index in [4.69, 9.17) is 0 Å². The molecule has 1 aromatic carbocycles. The second-order valence-electron chi connectivity index (χ2n) is 3.14. The van der Waals surface area contributed by atoms with E-state index in [9.17, 15) is 0 Å². The van der Waals surface area contributed by atoms with Crippen LogP contribution in [0.2, 0.25) is 0 Å². The van der Waals surface area contributed by atoms with E-state index in [1.54, 1.807) is 0 Å². The van der Waals surface area contributed by atoms with E-state index in [2.05, 4.69) is 39.5 Å². The molecule has 64 valence electrons. The highest BCUT2D eigenvalue weighted by atomic mass is 14.1. The fourth-order valence-corrected chi connectivity index (χ4v) is 1.49. The van der Waals surface area contributed by atoms with Crippen LogP contribution in [0.4, 0.5) is 0 Å². The zero-order chi connectivity index (χ0) is 9.14. The topological polar surface area (TPSA) is 0 Å². The number of benzene rings is 1.